The average molecular weight is 562 g/mol. The fourth-order valence-corrected chi connectivity index (χ4v) is 4.43. The quantitative estimate of drug-likeness (QED) is 0.202. The number of ketones is 1. The van der Waals surface area contributed by atoms with Crippen molar-refractivity contribution in [1.29, 1.82) is 0 Å². The first-order valence-corrected chi connectivity index (χ1v) is 13.6. The average Bonchev–Trinajstić information content (AvgIpc) is 3.37. The van der Waals surface area contributed by atoms with Gasteiger partial charge in [-0.2, -0.15) is 0 Å². The van der Waals surface area contributed by atoms with E-state index in [2.05, 4.69) is 15.6 Å². The van der Waals surface area contributed by atoms with Crippen LogP contribution in [-0.4, -0.2) is 34.9 Å². The van der Waals surface area contributed by atoms with Crippen LogP contribution in [0, 0.1) is 5.92 Å². The molecule has 40 heavy (non-hydrogen) atoms. The molecule has 2 amide bonds. The topological polar surface area (TPSA) is 111 Å². The zero-order valence-corrected chi connectivity index (χ0v) is 23.2. The molecule has 9 heteroatoms. The Morgan fingerprint density at radius 1 is 0.900 bits per heavy atom. The number of nitrogens with one attached hydrogen (secondary N) is 2. The summed E-state index contributed by atoms with van der Waals surface area (Å²) >= 11 is 6.06. The van der Waals surface area contributed by atoms with Crippen LogP contribution < -0.4 is 10.6 Å². The van der Waals surface area contributed by atoms with E-state index in [-0.39, 0.29) is 18.4 Å². The third-order valence-electron chi connectivity index (χ3n) is 6.29. The molecule has 0 aliphatic heterocycles. The van der Waals surface area contributed by atoms with Gasteiger partial charge in [-0.3, -0.25) is 9.59 Å². The summed E-state index contributed by atoms with van der Waals surface area (Å²) in [5, 5.41) is 5.97. The molecule has 4 rings (SSSR count). The van der Waals surface area contributed by atoms with Gasteiger partial charge < -0.3 is 19.8 Å². The lowest BCUT2D eigenvalue weighted by molar-refractivity contribution is -0.124. The van der Waals surface area contributed by atoms with Crippen LogP contribution in [0.4, 0.5) is 4.79 Å². The molecule has 0 radical (unpaired) electrons. The maximum absolute atomic E-state index is 13.6. The number of benzene rings is 3. The van der Waals surface area contributed by atoms with E-state index in [1.54, 1.807) is 18.2 Å². The molecule has 0 unspecified atom stereocenters. The number of fused-ring (bicyclic) bond motifs is 1. The minimum Gasteiger partial charge on any atom is -0.445 e. The van der Waals surface area contributed by atoms with Gasteiger partial charge in [0.25, 0.3) is 5.89 Å². The van der Waals surface area contributed by atoms with Gasteiger partial charge in [-0.25, -0.2) is 9.78 Å². The van der Waals surface area contributed by atoms with Gasteiger partial charge in [-0.05, 0) is 54.5 Å². The second-order valence-electron chi connectivity index (χ2n) is 9.97. The summed E-state index contributed by atoms with van der Waals surface area (Å²) in [6, 6.07) is 22.0. The van der Waals surface area contributed by atoms with E-state index in [1.807, 2.05) is 74.5 Å². The van der Waals surface area contributed by atoms with Crippen molar-refractivity contribution < 1.29 is 23.5 Å². The van der Waals surface area contributed by atoms with Crippen LogP contribution in [0.1, 0.15) is 48.5 Å². The van der Waals surface area contributed by atoms with Crippen LogP contribution in [0.3, 0.4) is 0 Å². The lowest BCUT2D eigenvalue weighted by Crippen LogP contribution is -2.52. The fraction of sp³-hybridized carbons (Fsp3) is 0.290. The Morgan fingerprint density at radius 2 is 1.57 bits per heavy atom. The number of carbonyl (C=O) groups excluding carboxylic acids is 3. The van der Waals surface area contributed by atoms with E-state index in [9.17, 15) is 14.4 Å². The summed E-state index contributed by atoms with van der Waals surface area (Å²) in [7, 11) is 0. The van der Waals surface area contributed by atoms with Crippen LogP contribution in [0.2, 0.25) is 5.02 Å². The minimum absolute atomic E-state index is 0.0720. The number of alkyl carbamates (subject to hydrolysis) is 1. The van der Waals surface area contributed by atoms with Gasteiger partial charge in [0, 0.05) is 5.02 Å². The number of hydrogen-bond acceptors (Lipinski definition) is 6. The number of Topliss-reactive ketones (excluding diaryl/α,β-unsaturated/α-hetero) is 1. The highest BCUT2D eigenvalue weighted by atomic mass is 35.5. The van der Waals surface area contributed by atoms with Gasteiger partial charge in [0.2, 0.25) is 11.7 Å². The molecule has 3 aromatic carbocycles. The standard InChI is InChI=1S/C31H32ClN3O5/c1-20(2)17-26(35-31(38)39-19-22-11-7-4-8-12-22)29(37)33-24(15-13-21-9-5-3-6-10-21)28(36)30-34-25-18-23(32)14-16-27(25)40-30/h3-12,14,16,18,20,24,26H,13,15,17,19H2,1-2H3,(H,33,37)(H,35,38)/t24-,26-/m0/s1. The smallest absolute Gasteiger partial charge is 0.408 e. The number of aryl methyl sites for hydroxylation is 1. The molecule has 2 N–H and O–H groups in total. The van der Waals surface area contributed by atoms with Crippen molar-refractivity contribution in [2.45, 2.75) is 51.8 Å². The van der Waals surface area contributed by atoms with Crippen molar-refractivity contribution in [2.75, 3.05) is 0 Å². The van der Waals surface area contributed by atoms with Crippen molar-refractivity contribution in [3.63, 3.8) is 0 Å². The lowest BCUT2D eigenvalue weighted by atomic mass is 9.99. The summed E-state index contributed by atoms with van der Waals surface area (Å²) in [6.45, 7) is 3.96. The second kappa shape index (κ2) is 13.8. The largest absolute Gasteiger partial charge is 0.445 e. The molecule has 0 aliphatic rings. The Kier molecular flexibility index (Phi) is 9.91. The van der Waals surface area contributed by atoms with E-state index in [1.165, 1.54) is 0 Å². The summed E-state index contributed by atoms with van der Waals surface area (Å²) in [5.74, 6) is -0.987. The predicted molar refractivity (Wildman–Crippen MR) is 153 cm³/mol. The number of ether oxygens (including phenoxy) is 1. The maximum Gasteiger partial charge on any atom is 0.408 e. The number of aromatic nitrogens is 1. The molecule has 0 saturated carbocycles. The fourth-order valence-electron chi connectivity index (χ4n) is 4.26. The molecular weight excluding hydrogens is 530 g/mol. The first-order valence-electron chi connectivity index (χ1n) is 13.2. The van der Waals surface area contributed by atoms with Crippen LogP contribution in [0.15, 0.2) is 83.3 Å². The SMILES string of the molecule is CC(C)C[C@H](NC(=O)OCc1ccccc1)C(=O)N[C@@H](CCc1ccccc1)C(=O)c1nc2cc(Cl)ccc2o1. The summed E-state index contributed by atoms with van der Waals surface area (Å²) in [5.41, 5.74) is 2.71. The van der Waals surface area contributed by atoms with Gasteiger partial charge in [0.05, 0.1) is 6.04 Å². The Labute approximate surface area is 238 Å². The third-order valence-corrected chi connectivity index (χ3v) is 6.52. The first-order chi connectivity index (χ1) is 19.3. The van der Waals surface area contributed by atoms with Gasteiger partial charge >= 0.3 is 6.09 Å². The number of halogens is 1. The monoisotopic (exact) mass is 561 g/mol. The second-order valence-corrected chi connectivity index (χ2v) is 10.4. The molecule has 0 bridgehead atoms. The normalized spacial score (nSPS) is 12.6. The third kappa shape index (κ3) is 8.16. The molecule has 0 fully saturated rings. The molecule has 4 aromatic rings. The van der Waals surface area contributed by atoms with Crippen molar-refractivity contribution in [1.82, 2.24) is 15.6 Å². The highest BCUT2D eigenvalue weighted by Crippen LogP contribution is 2.21. The summed E-state index contributed by atoms with van der Waals surface area (Å²) in [4.78, 5) is 43.9. The zero-order valence-electron chi connectivity index (χ0n) is 22.4. The molecular formula is C31H32ClN3O5. The number of carbonyl (C=O) groups is 3. The van der Waals surface area contributed by atoms with Crippen LogP contribution >= 0.6 is 11.6 Å². The molecule has 1 heterocycles. The van der Waals surface area contributed by atoms with E-state index in [0.717, 1.165) is 11.1 Å². The lowest BCUT2D eigenvalue weighted by Gasteiger charge is -2.23. The molecule has 0 spiro atoms. The van der Waals surface area contributed by atoms with Crippen molar-refractivity contribution in [3.8, 4) is 0 Å². The molecule has 208 valence electrons. The van der Waals surface area contributed by atoms with Crippen molar-refractivity contribution >= 4 is 40.5 Å². The number of nitrogens with zero attached hydrogens (tertiary/aromatic N) is 1. The number of rotatable bonds is 12. The van der Waals surface area contributed by atoms with Crippen LogP contribution in [0.25, 0.3) is 11.1 Å². The number of hydrogen-bond donors (Lipinski definition) is 2. The molecule has 0 aliphatic carbocycles. The minimum atomic E-state index is -0.937. The van der Waals surface area contributed by atoms with Crippen LogP contribution in [-0.2, 0) is 22.6 Å². The molecule has 0 saturated heterocycles. The summed E-state index contributed by atoms with van der Waals surface area (Å²) in [6.07, 6.45) is 0.478. The van der Waals surface area contributed by atoms with Gasteiger partial charge in [0.15, 0.2) is 5.58 Å². The molecule has 1 aromatic heterocycles. The summed E-state index contributed by atoms with van der Waals surface area (Å²) < 4.78 is 11.0. The Morgan fingerprint density at radius 3 is 2.25 bits per heavy atom. The van der Waals surface area contributed by atoms with E-state index < -0.39 is 29.9 Å². The predicted octanol–water partition coefficient (Wildman–Crippen LogP) is 6.12. The van der Waals surface area contributed by atoms with Crippen LogP contribution in [0.5, 0.6) is 0 Å². The number of oxazole rings is 1. The zero-order chi connectivity index (χ0) is 28.5. The maximum atomic E-state index is 13.6. The van der Waals surface area contributed by atoms with Gasteiger partial charge in [0.1, 0.15) is 18.2 Å². The highest BCUT2D eigenvalue weighted by Gasteiger charge is 2.30. The highest BCUT2D eigenvalue weighted by molar-refractivity contribution is 6.31. The Bertz CT molecular complexity index is 1440. The van der Waals surface area contributed by atoms with E-state index in [0.29, 0.717) is 35.4 Å². The van der Waals surface area contributed by atoms with Crippen molar-refractivity contribution in [2.24, 2.45) is 5.92 Å². The first kappa shape index (κ1) is 28.8. The molecule has 8 nitrogen and oxygen atoms in total. The van der Waals surface area contributed by atoms with E-state index >= 15 is 0 Å². The Balaban J connectivity index is 1.49. The number of amides is 2. The van der Waals surface area contributed by atoms with Gasteiger partial charge in [-0.15, -0.1) is 0 Å². The Hall–Kier alpha value is -4.17. The molecule has 2 atom stereocenters. The van der Waals surface area contributed by atoms with Gasteiger partial charge in [-0.1, -0.05) is 86.1 Å². The van der Waals surface area contributed by atoms with E-state index in [4.69, 9.17) is 20.8 Å². The van der Waals surface area contributed by atoms with Crippen molar-refractivity contribution in [3.05, 3.63) is 101 Å².